The molecule has 0 bridgehead atoms. The van der Waals surface area contributed by atoms with Crippen molar-refractivity contribution < 1.29 is 14.0 Å². The molecule has 1 aromatic heterocycles. The van der Waals surface area contributed by atoms with Crippen molar-refractivity contribution in [1.29, 1.82) is 0 Å². The van der Waals surface area contributed by atoms with Gasteiger partial charge < -0.3 is 4.42 Å². The molecule has 15 heavy (non-hydrogen) atoms. The summed E-state index contributed by atoms with van der Waals surface area (Å²) >= 11 is 0. The number of hydrogen-bond donors (Lipinski definition) is 0. The molecule has 0 saturated heterocycles. The van der Waals surface area contributed by atoms with Gasteiger partial charge in [-0.25, -0.2) is 0 Å². The average molecular weight is 206 g/mol. The van der Waals surface area contributed by atoms with Gasteiger partial charge in [0.2, 0.25) is 0 Å². The van der Waals surface area contributed by atoms with Crippen LogP contribution in [0.5, 0.6) is 0 Å². The van der Waals surface area contributed by atoms with E-state index in [-0.39, 0.29) is 23.9 Å². The maximum absolute atomic E-state index is 11.7. The summed E-state index contributed by atoms with van der Waals surface area (Å²) in [4.78, 5) is 23.2. The highest BCUT2D eigenvalue weighted by molar-refractivity contribution is 6.09. The van der Waals surface area contributed by atoms with Gasteiger partial charge in [-0.2, -0.15) is 0 Å². The van der Waals surface area contributed by atoms with Gasteiger partial charge in [0, 0.05) is 5.92 Å². The zero-order valence-electron chi connectivity index (χ0n) is 9.00. The molecule has 0 spiro atoms. The first-order chi connectivity index (χ1) is 7.08. The third kappa shape index (κ3) is 2.17. The second-order valence-corrected chi connectivity index (χ2v) is 4.17. The summed E-state index contributed by atoms with van der Waals surface area (Å²) in [5.41, 5.74) is 0.557. The fourth-order valence-corrected chi connectivity index (χ4v) is 1.71. The monoisotopic (exact) mass is 206 g/mol. The van der Waals surface area contributed by atoms with Crippen molar-refractivity contribution in [3.63, 3.8) is 0 Å². The van der Waals surface area contributed by atoms with Crippen molar-refractivity contribution in [3.05, 3.63) is 23.2 Å². The summed E-state index contributed by atoms with van der Waals surface area (Å²) in [7, 11) is 0. The predicted molar refractivity (Wildman–Crippen MR) is 54.9 cm³/mol. The SMILES string of the molecule is Cc1cc(C(=O)CC(=O)C2CC2)c(C)o1. The van der Waals surface area contributed by atoms with Crippen molar-refractivity contribution in [1.82, 2.24) is 0 Å². The number of hydrogen-bond acceptors (Lipinski definition) is 3. The number of ketones is 2. The Morgan fingerprint density at radius 2 is 2.07 bits per heavy atom. The minimum atomic E-state index is -0.110. The molecule has 1 heterocycles. The molecular formula is C12H14O3. The van der Waals surface area contributed by atoms with E-state index < -0.39 is 0 Å². The standard InChI is InChI=1S/C12H14O3/c1-7-5-10(8(2)15-7)12(14)6-11(13)9-3-4-9/h5,9H,3-4,6H2,1-2H3. The summed E-state index contributed by atoms with van der Waals surface area (Å²) in [5, 5.41) is 0. The Balaban J connectivity index is 2.06. The van der Waals surface area contributed by atoms with E-state index >= 15 is 0 Å². The van der Waals surface area contributed by atoms with E-state index in [0.29, 0.717) is 11.3 Å². The number of Topliss-reactive ketones (excluding diaryl/α,β-unsaturated/α-hetero) is 2. The fraction of sp³-hybridized carbons (Fsp3) is 0.500. The van der Waals surface area contributed by atoms with Gasteiger partial charge in [0.05, 0.1) is 12.0 Å². The van der Waals surface area contributed by atoms with E-state index in [1.165, 1.54) is 0 Å². The van der Waals surface area contributed by atoms with Gasteiger partial charge in [-0.1, -0.05) is 0 Å². The molecule has 0 amide bonds. The molecule has 3 nitrogen and oxygen atoms in total. The number of furan rings is 1. The van der Waals surface area contributed by atoms with E-state index in [9.17, 15) is 9.59 Å². The molecule has 1 fully saturated rings. The summed E-state index contributed by atoms with van der Waals surface area (Å²) in [6.45, 7) is 3.55. The van der Waals surface area contributed by atoms with Gasteiger partial charge in [0.15, 0.2) is 5.78 Å². The van der Waals surface area contributed by atoms with Gasteiger partial charge in [-0.15, -0.1) is 0 Å². The van der Waals surface area contributed by atoms with Gasteiger partial charge in [-0.05, 0) is 32.8 Å². The predicted octanol–water partition coefficient (Wildman–Crippen LogP) is 2.45. The van der Waals surface area contributed by atoms with Crippen LogP contribution >= 0.6 is 0 Å². The van der Waals surface area contributed by atoms with Crippen LogP contribution in [0.2, 0.25) is 0 Å². The van der Waals surface area contributed by atoms with Crippen LogP contribution in [0.4, 0.5) is 0 Å². The summed E-state index contributed by atoms with van der Waals surface area (Å²) in [6.07, 6.45) is 1.94. The summed E-state index contributed by atoms with van der Waals surface area (Å²) in [6, 6.07) is 1.71. The Hall–Kier alpha value is -1.38. The van der Waals surface area contributed by atoms with Crippen molar-refractivity contribution >= 4 is 11.6 Å². The highest BCUT2D eigenvalue weighted by Crippen LogP contribution is 2.31. The van der Waals surface area contributed by atoms with Gasteiger partial charge in [-0.3, -0.25) is 9.59 Å². The van der Waals surface area contributed by atoms with Gasteiger partial charge in [0.25, 0.3) is 0 Å². The van der Waals surface area contributed by atoms with Crippen molar-refractivity contribution in [2.24, 2.45) is 5.92 Å². The topological polar surface area (TPSA) is 47.3 Å². The average Bonchev–Trinajstić information content (AvgIpc) is 2.92. The lowest BCUT2D eigenvalue weighted by Gasteiger charge is -1.97. The quantitative estimate of drug-likeness (QED) is 0.561. The molecule has 1 aliphatic rings. The van der Waals surface area contributed by atoms with Crippen molar-refractivity contribution in [3.8, 4) is 0 Å². The van der Waals surface area contributed by atoms with Gasteiger partial charge >= 0.3 is 0 Å². The van der Waals surface area contributed by atoms with Crippen LogP contribution < -0.4 is 0 Å². The molecule has 1 saturated carbocycles. The van der Waals surface area contributed by atoms with E-state index in [1.807, 2.05) is 0 Å². The van der Waals surface area contributed by atoms with Crippen LogP contribution in [0.15, 0.2) is 10.5 Å². The summed E-state index contributed by atoms with van der Waals surface area (Å²) < 4.78 is 5.26. The Morgan fingerprint density at radius 1 is 1.40 bits per heavy atom. The molecule has 0 aromatic carbocycles. The van der Waals surface area contributed by atoms with E-state index in [0.717, 1.165) is 18.6 Å². The largest absolute Gasteiger partial charge is 0.466 e. The van der Waals surface area contributed by atoms with E-state index in [4.69, 9.17) is 4.42 Å². The summed E-state index contributed by atoms with van der Waals surface area (Å²) in [5.74, 6) is 1.46. The van der Waals surface area contributed by atoms with Crippen molar-refractivity contribution in [2.75, 3.05) is 0 Å². The van der Waals surface area contributed by atoms with Crippen LogP contribution in [0.25, 0.3) is 0 Å². The molecular weight excluding hydrogens is 192 g/mol. The van der Waals surface area contributed by atoms with Crippen LogP contribution in [-0.4, -0.2) is 11.6 Å². The number of aryl methyl sites for hydroxylation is 2. The molecule has 0 unspecified atom stereocenters. The number of rotatable bonds is 4. The molecule has 0 radical (unpaired) electrons. The van der Waals surface area contributed by atoms with Crippen LogP contribution in [0.3, 0.4) is 0 Å². The minimum Gasteiger partial charge on any atom is -0.466 e. The molecule has 2 rings (SSSR count). The second kappa shape index (κ2) is 3.65. The molecule has 80 valence electrons. The van der Waals surface area contributed by atoms with Crippen LogP contribution in [0.1, 0.15) is 41.1 Å². The molecule has 0 N–H and O–H groups in total. The Labute approximate surface area is 88.5 Å². The van der Waals surface area contributed by atoms with Crippen LogP contribution in [0, 0.1) is 19.8 Å². The maximum Gasteiger partial charge on any atom is 0.173 e. The first-order valence-corrected chi connectivity index (χ1v) is 5.21. The smallest absolute Gasteiger partial charge is 0.173 e. The highest BCUT2D eigenvalue weighted by atomic mass is 16.3. The first kappa shape index (κ1) is 10.1. The molecule has 1 aliphatic carbocycles. The van der Waals surface area contributed by atoms with E-state index in [1.54, 1.807) is 19.9 Å². The highest BCUT2D eigenvalue weighted by Gasteiger charge is 2.31. The lowest BCUT2D eigenvalue weighted by Crippen LogP contribution is -2.09. The fourth-order valence-electron chi connectivity index (χ4n) is 1.71. The zero-order chi connectivity index (χ0) is 11.0. The van der Waals surface area contributed by atoms with E-state index in [2.05, 4.69) is 0 Å². The van der Waals surface area contributed by atoms with Crippen molar-refractivity contribution in [2.45, 2.75) is 33.1 Å². The number of carbonyl (C=O) groups excluding carboxylic acids is 2. The third-order valence-corrected chi connectivity index (χ3v) is 2.71. The Morgan fingerprint density at radius 3 is 2.53 bits per heavy atom. The second-order valence-electron chi connectivity index (χ2n) is 4.17. The number of carbonyl (C=O) groups is 2. The third-order valence-electron chi connectivity index (χ3n) is 2.71. The van der Waals surface area contributed by atoms with Gasteiger partial charge in [0.1, 0.15) is 17.3 Å². The Bertz CT molecular complexity index is 411. The lowest BCUT2D eigenvalue weighted by molar-refractivity contribution is -0.119. The van der Waals surface area contributed by atoms with Crippen LogP contribution in [-0.2, 0) is 4.79 Å². The molecule has 0 aliphatic heterocycles. The maximum atomic E-state index is 11.7. The normalized spacial score (nSPS) is 15.3. The molecule has 1 aromatic rings. The zero-order valence-corrected chi connectivity index (χ0v) is 9.00. The molecule has 3 heteroatoms. The molecule has 0 atom stereocenters. The Kier molecular flexibility index (Phi) is 2.47. The first-order valence-electron chi connectivity index (χ1n) is 5.21. The minimum absolute atomic E-state index is 0.0322. The lowest BCUT2D eigenvalue weighted by atomic mass is 10.0.